The molecule has 0 rings (SSSR count). The summed E-state index contributed by atoms with van der Waals surface area (Å²) in [6, 6.07) is 0. The summed E-state index contributed by atoms with van der Waals surface area (Å²) in [6.45, 7) is 6.54. The van der Waals surface area contributed by atoms with Crippen LogP contribution in [0.15, 0.2) is 72.9 Å². The zero-order valence-electron chi connectivity index (χ0n) is 50.5. The van der Waals surface area contributed by atoms with Gasteiger partial charge in [0.1, 0.15) is 13.2 Å². The first kappa shape index (κ1) is 72.8. The lowest BCUT2D eigenvalue weighted by Gasteiger charge is -2.18. The third kappa shape index (κ3) is 61.7. The highest BCUT2D eigenvalue weighted by molar-refractivity contribution is 5.71. The summed E-state index contributed by atoms with van der Waals surface area (Å²) in [7, 11) is 0. The molecular formula is C70H124O6. The molecule has 0 fully saturated rings. The van der Waals surface area contributed by atoms with E-state index in [4.69, 9.17) is 14.2 Å². The van der Waals surface area contributed by atoms with Crippen LogP contribution in [0.5, 0.6) is 0 Å². The molecule has 0 spiro atoms. The lowest BCUT2D eigenvalue weighted by Crippen LogP contribution is -2.30. The van der Waals surface area contributed by atoms with E-state index in [1.54, 1.807) is 0 Å². The highest BCUT2D eigenvalue weighted by atomic mass is 16.6. The molecule has 0 radical (unpaired) electrons. The molecule has 6 nitrogen and oxygen atoms in total. The zero-order valence-corrected chi connectivity index (χ0v) is 50.5. The van der Waals surface area contributed by atoms with Crippen LogP contribution in [0.1, 0.15) is 335 Å². The van der Waals surface area contributed by atoms with E-state index in [1.165, 1.54) is 193 Å². The van der Waals surface area contributed by atoms with Crippen LogP contribution in [-0.2, 0) is 28.6 Å². The fourth-order valence-electron chi connectivity index (χ4n) is 9.53. The fraction of sp³-hybridized carbons (Fsp3) is 0.786. The molecule has 0 bridgehead atoms. The van der Waals surface area contributed by atoms with Crippen molar-refractivity contribution in [3.8, 4) is 0 Å². The second-order valence-electron chi connectivity index (χ2n) is 22.0. The van der Waals surface area contributed by atoms with Crippen molar-refractivity contribution in [1.82, 2.24) is 0 Å². The van der Waals surface area contributed by atoms with Gasteiger partial charge in [0.25, 0.3) is 0 Å². The normalized spacial score (nSPS) is 12.5. The molecule has 0 aliphatic carbocycles. The standard InChI is InChI=1S/C70H124O6/c1-4-7-10-13-16-19-22-25-27-29-31-33-35-37-38-40-42-45-48-51-54-57-60-63-69(72)75-66-67(65-74-68(71)62-59-56-53-50-47-44-24-21-18-15-12-9-6-3)76-70(73)64-61-58-55-52-49-46-43-41-39-36-34-32-30-28-26-23-20-17-14-11-8-5-2/h7,10,16,19,21,24-25,27,31,33,37-38,67H,4-6,8-9,11-15,17-18,20,22-23,26,28-30,32,34-36,39-66H2,1-3H3/b10-7-,19-16-,24-21-,27-25-,33-31-,38-37-. The minimum absolute atomic E-state index is 0.0803. The van der Waals surface area contributed by atoms with Crippen LogP contribution in [0.2, 0.25) is 0 Å². The highest BCUT2D eigenvalue weighted by Crippen LogP contribution is 2.17. The Labute approximate surface area is 472 Å². The first-order valence-electron chi connectivity index (χ1n) is 32.9. The number of unbranched alkanes of at least 4 members (excludes halogenated alkanes) is 37. The second-order valence-corrected chi connectivity index (χ2v) is 22.0. The summed E-state index contributed by atoms with van der Waals surface area (Å²) in [5.74, 6) is -0.881. The Kier molecular flexibility index (Phi) is 61.7. The van der Waals surface area contributed by atoms with E-state index in [0.717, 1.165) is 103 Å². The summed E-state index contributed by atoms with van der Waals surface area (Å²) in [5.41, 5.74) is 0. The molecule has 0 aromatic carbocycles. The number of esters is 3. The van der Waals surface area contributed by atoms with Gasteiger partial charge in [-0.1, -0.05) is 299 Å². The number of allylic oxidation sites excluding steroid dienone is 12. The molecule has 0 aromatic heterocycles. The van der Waals surface area contributed by atoms with Crippen LogP contribution >= 0.6 is 0 Å². The van der Waals surface area contributed by atoms with E-state index >= 15 is 0 Å². The van der Waals surface area contributed by atoms with Crippen molar-refractivity contribution in [2.24, 2.45) is 0 Å². The van der Waals surface area contributed by atoms with Gasteiger partial charge >= 0.3 is 17.9 Å². The van der Waals surface area contributed by atoms with Crippen molar-refractivity contribution in [2.45, 2.75) is 341 Å². The fourth-order valence-corrected chi connectivity index (χ4v) is 9.53. The highest BCUT2D eigenvalue weighted by Gasteiger charge is 2.19. The van der Waals surface area contributed by atoms with Crippen molar-refractivity contribution >= 4 is 17.9 Å². The molecule has 0 heterocycles. The predicted octanol–water partition coefficient (Wildman–Crippen LogP) is 22.5. The molecule has 0 saturated heterocycles. The number of carbonyl (C=O) groups excluding carboxylic acids is 3. The maximum atomic E-state index is 12.9. The molecule has 76 heavy (non-hydrogen) atoms. The predicted molar refractivity (Wildman–Crippen MR) is 330 cm³/mol. The molecular weight excluding hydrogens is 937 g/mol. The summed E-state index contributed by atoms with van der Waals surface area (Å²) in [4.78, 5) is 38.3. The van der Waals surface area contributed by atoms with E-state index in [0.29, 0.717) is 19.3 Å². The Morgan fingerprint density at radius 3 is 0.829 bits per heavy atom. The Bertz CT molecular complexity index is 1400. The summed E-state index contributed by atoms with van der Waals surface area (Å²) in [6.07, 6.45) is 83.4. The molecule has 1 atom stereocenters. The van der Waals surface area contributed by atoms with E-state index in [1.807, 2.05) is 0 Å². The Morgan fingerprint density at radius 2 is 0.513 bits per heavy atom. The maximum absolute atomic E-state index is 12.9. The quantitative estimate of drug-likeness (QED) is 0.0261. The Hall–Kier alpha value is -3.15. The SMILES string of the molecule is CC/C=C\C/C=C\C/C=C\C/C=C\C/C=C\CCCCCCCCCC(=O)OCC(COC(=O)CCCCCCC/C=C\CCCCCC)OC(=O)CCCCCCCCCCCCCCCCCCCCCCCC. The van der Waals surface area contributed by atoms with Gasteiger partial charge in [0.05, 0.1) is 0 Å². The van der Waals surface area contributed by atoms with Gasteiger partial charge in [-0.05, 0) is 89.9 Å². The van der Waals surface area contributed by atoms with Crippen molar-refractivity contribution in [3.63, 3.8) is 0 Å². The Balaban J connectivity index is 4.32. The number of carbonyl (C=O) groups is 3. The van der Waals surface area contributed by atoms with E-state index in [9.17, 15) is 14.4 Å². The molecule has 0 aliphatic heterocycles. The van der Waals surface area contributed by atoms with Crippen LogP contribution in [0.4, 0.5) is 0 Å². The van der Waals surface area contributed by atoms with Crippen LogP contribution in [-0.4, -0.2) is 37.2 Å². The summed E-state index contributed by atoms with van der Waals surface area (Å²) >= 11 is 0. The van der Waals surface area contributed by atoms with Crippen LogP contribution in [0.3, 0.4) is 0 Å². The largest absolute Gasteiger partial charge is 0.462 e. The van der Waals surface area contributed by atoms with Crippen LogP contribution in [0, 0.1) is 0 Å². The van der Waals surface area contributed by atoms with Crippen molar-refractivity contribution in [1.29, 1.82) is 0 Å². The van der Waals surface area contributed by atoms with Gasteiger partial charge in [-0.15, -0.1) is 0 Å². The average molecular weight is 1060 g/mol. The zero-order chi connectivity index (χ0) is 55.0. The lowest BCUT2D eigenvalue weighted by molar-refractivity contribution is -0.167. The van der Waals surface area contributed by atoms with E-state index < -0.39 is 6.10 Å². The second kappa shape index (κ2) is 64.4. The minimum Gasteiger partial charge on any atom is -0.462 e. The van der Waals surface area contributed by atoms with Crippen LogP contribution < -0.4 is 0 Å². The third-order valence-electron chi connectivity index (χ3n) is 14.4. The maximum Gasteiger partial charge on any atom is 0.306 e. The van der Waals surface area contributed by atoms with Gasteiger partial charge in [-0.3, -0.25) is 14.4 Å². The molecule has 0 aromatic rings. The van der Waals surface area contributed by atoms with Gasteiger partial charge in [-0.25, -0.2) is 0 Å². The summed E-state index contributed by atoms with van der Waals surface area (Å²) in [5, 5.41) is 0. The molecule has 0 N–H and O–H groups in total. The monoisotopic (exact) mass is 1060 g/mol. The molecule has 440 valence electrons. The minimum atomic E-state index is -0.783. The van der Waals surface area contributed by atoms with Gasteiger partial charge in [-0.2, -0.15) is 0 Å². The van der Waals surface area contributed by atoms with Gasteiger partial charge in [0.15, 0.2) is 6.10 Å². The van der Waals surface area contributed by atoms with Gasteiger partial charge in [0.2, 0.25) is 0 Å². The van der Waals surface area contributed by atoms with E-state index in [2.05, 4.69) is 93.7 Å². The number of ether oxygens (including phenoxy) is 3. The van der Waals surface area contributed by atoms with Crippen molar-refractivity contribution in [3.05, 3.63) is 72.9 Å². The number of rotatable bonds is 60. The Morgan fingerprint density at radius 1 is 0.276 bits per heavy atom. The molecule has 0 saturated carbocycles. The van der Waals surface area contributed by atoms with E-state index in [-0.39, 0.29) is 31.1 Å². The molecule has 0 aliphatic rings. The molecule has 0 amide bonds. The topological polar surface area (TPSA) is 78.9 Å². The smallest absolute Gasteiger partial charge is 0.306 e. The average Bonchev–Trinajstić information content (AvgIpc) is 3.42. The third-order valence-corrected chi connectivity index (χ3v) is 14.4. The number of hydrogen-bond acceptors (Lipinski definition) is 6. The number of hydrogen-bond donors (Lipinski definition) is 0. The first-order chi connectivity index (χ1) is 37.5. The summed E-state index contributed by atoms with van der Waals surface area (Å²) < 4.78 is 16.9. The van der Waals surface area contributed by atoms with Crippen LogP contribution in [0.25, 0.3) is 0 Å². The lowest BCUT2D eigenvalue weighted by atomic mass is 10.0. The van der Waals surface area contributed by atoms with Crippen molar-refractivity contribution < 1.29 is 28.6 Å². The van der Waals surface area contributed by atoms with Gasteiger partial charge in [0, 0.05) is 19.3 Å². The molecule has 1 unspecified atom stereocenters. The van der Waals surface area contributed by atoms with Gasteiger partial charge < -0.3 is 14.2 Å². The molecule has 6 heteroatoms. The first-order valence-corrected chi connectivity index (χ1v) is 32.9. The van der Waals surface area contributed by atoms with Crippen molar-refractivity contribution in [2.75, 3.05) is 13.2 Å².